The van der Waals surface area contributed by atoms with Gasteiger partial charge in [0.15, 0.2) is 0 Å². The minimum Gasteiger partial charge on any atom is -0.419 e. The summed E-state index contributed by atoms with van der Waals surface area (Å²) in [6.07, 6.45) is 0. The first-order valence-corrected chi connectivity index (χ1v) is 7.35. The molecule has 3 rings (SSSR count). The minimum atomic E-state index is -0.315. The second kappa shape index (κ2) is 5.76. The number of thioether (sulfide) groups is 1. The van der Waals surface area contributed by atoms with E-state index in [0.717, 1.165) is 0 Å². The lowest BCUT2D eigenvalue weighted by atomic mass is 10.2. The quantitative estimate of drug-likeness (QED) is 0.582. The van der Waals surface area contributed by atoms with Crippen molar-refractivity contribution < 1.29 is 8.81 Å². The molecule has 2 heterocycles. The number of nitrogens with zero attached hydrogens (tertiary/aromatic N) is 5. The molecule has 0 aliphatic heterocycles. The second-order valence-electron chi connectivity index (χ2n) is 4.61. The van der Waals surface area contributed by atoms with Crippen LogP contribution in [0.1, 0.15) is 23.9 Å². The van der Waals surface area contributed by atoms with Gasteiger partial charge in [-0.2, -0.15) is 0 Å². The van der Waals surface area contributed by atoms with Gasteiger partial charge in [-0.3, -0.25) is 0 Å². The topological polar surface area (TPSA) is 95.6 Å². The van der Waals surface area contributed by atoms with Crippen molar-refractivity contribution in [2.45, 2.75) is 24.3 Å². The predicted octanol–water partition coefficient (Wildman–Crippen LogP) is 2.34. The van der Waals surface area contributed by atoms with Crippen LogP contribution in [-0.2, 0) is 0 Å². The summed E-state index contributed by atoms with van der Waals surface area (Å²) >= 11 is 1.36. The van der Waals surface area contributed by atoms with Crippen LogP contribution >= 0.6 is 11.8 Å². The fourth-order valence-electron chi connectivity index (χ4n) is 1.75. The number of aryl methyl sites for hydroxylation is 1. The van der Waals surface area contributed by atoms with Crippen LogP contribution in [-0.4, -0.2) is 25.1 Å². The molecule has 22 heavy (non-hydrogen) atoms. The summed E-state index contributed by atoms with van der Waals surface area (Å²) in [7, 11) is 0. The smallest absolute Gasteiger partial charge is 0.247 e. The summed E-state index contributed by atoms with van der Waals surface area (Å²) in [5.41, 5.74) is 0.662. The van der Waals surface area contributed by atoms with Crippen LogP contribution in [0.15, 0.2) is 33.8 Å². The molecule has 0 radical (unpaired) electrons. The average Bonchev–Trinajstić information content (AvgIpc) is 3.11. The van der Waals surface area contributed by atoms with E-state index in [1.54, 1.807) is 19.1 Å². The maximum atomic E-state index is 12.9. The lowest BCUT2D eigenvalue weighted by molar-refractivity contribution is 0.508. The van der Waals surface area contributed by atoms with Crippen LogP contribution in [0, 0.1) is 12.7 Å². The van der Waals surface area contributed by atoms with Gasteiger partial charge in [-0.05, 0) is 38.1 Å². The Balaban J connectivity index is 1.78. The highest BCUT2D eigenvalue weighted by Gasteiger charge is 2.19. The van der Waals surface area contributed by atoms with E-state index >= 15 is 0 Å². The molecule has 0 saturated heterocycles. The largest absolute Gasteiger partial charge is 0.419 e. The standard InChI is InChI=1S/C13H13FN6OS/c1-7(22-13-19-16-8(2)20(13)15)11-17-18-12(21-11)9-3-5-10(14)6-4-9/h3-7H,15H2,1-2H3/t7-/m0/s1. The van der Waals surface area contributed by atoms with Gasteiger partial charge in [-0.15, -0.1) is 20.4 Å². The Morgan fingerprint density at radius 1 is 1.18 bits per heavy atom. The van der Waals surface area contributed by atoms with Crippen LogP contribution < -0.4 is 5.84 Å². The van der Waals surface area contributed by atoms with Gasteiger partial charge in [-0.1, -0.05) is 11.8 Å². The molecule has 0 aliphatic carbocycles. The minimum absolute atomic E-state index is 0.146. The van der Waals surface area contributed by atoms with Crippen molar-refractivity contribution in [3.8, 4) is 11.5 Å². The zero-order valence-electron chi connectivity index (χ0n) is 11.9. The molecule has 0 bridgehead atoms. The first kappa shape index (κ1) is 14.5. The number of halogens is 1. The Hall–Kier alpha value is -2.42. The van der Waals surface area contributed by atoms with E-state index in [2.05, 4.69) is 20.4 Å². The molecule has 2 N–H and O–H groups in total. The molecule has 1 aromatic carbocycles. The van der Waals surface area contributed by atoms with E-state index in [9.17, 15) is 4.39 Å². The van der Waals surface area contributed by atoms with E-state index in [1.807, 2.05) is 6.92 Å². The van der Waals surface area contributed by atoms with Gasteiger partial charge in [0.25, 0.3) is 0 Å². The molecule has 2 aromatic heterocycles. The highest BCUT2D eigenvalue weighted by molar-refractivity contribution is 7.99. The number of benzene rings is 1. The third-order valence-electron chi connectivity index (χ3n) is 3.00. The van der Waals surface area contributed by atoms with E-state index in [0.29, 0.717) is 28.3 Å². The number of hydrogen-bond acceptors (Lipinski definition) is 7. The predicted molar refractivity (Wildman–Crippen MR) is 78.9 cm³/mol. The Kier molecular flexibility index (Phi) is 3.80. The van der Waals surface area contributed by atoms with E-state index in [-0.39, 0.29) is 11.1 Å². The number of nitrogen functional groups attached to an aromatic ring is 1. The summed E-state index contributed by atoms with van der Waals surface area (Å²) in [5.74, 6) is 6.89. The molecule has 9 heteroatoms. The van der Waals surface area contributed by atoms with Crippen molar-refractivity contribution in [2.24, 2.45) is 0 Å². The van der Waals surface area contributed by atoms with Crippen molar-refractivity contribution in [3.05, 3.63) is 41.8 Å². The maximum absolute atomic E-state index is 12.9. The average molecular weight is 320 g/mol. The van der Waals surface area contributed by atoms with Crippen molar-refractivity contribution in [3.63, 3.8) is 0 Å². The Morgan fingerprint density at radius 3 is 2.55 bits per heavy atom. The maximum Gasteiger partial charge on any atom is 0.247 e. The van der Waals surface area contributed by atoms with E-state index < -0.39 is 0 Å². The first-order chi connectivity index (χ1) is 10.5. The fraction of sp³-hybridized carbons (Fsp3) is 0.231. The Morgan fingerprint density at radius 2 is 1.91 bits per heavy atom. The highest BCUT2D eigenvalue weighted by atomic mass is 32.2. The third kappa shape index (κ3) is 2.80. The van der Waals surface area contributed by atoms with Crippen LogP contribution in [0.2, 0.25) is 0 Å². The number of hydrogen-bond donors (Lipinski definition) is 1. The molecule has 0 fully saturated rings. The monoisotopic (exact) mass is 320 g/mol. The summed E-state index contributed by atoms with van der Waals surface area (Å²) < 4.78 is 19.9. The van der Waals surface area contributed by atoms with E-state index in [4.69, 9.17) is 10.3 Å². The van der Waals surface area contributed by atoms with Crippen LogP contribution in [0.4, 0.5) is 4.39 Å². The summed E-state index contributed by atoms with van der Waals surface area (Å²) in [6.45, 7) is 3.66. The lowest BCUT2D eigenvalue weighted by Crippen LogP contribution is -2.11. The lowest BCUT2D eigenvalue weighted by Gasteiger charge is -2.05. The van der Waals surface area contributed by atoms with Crippen LogP contribution in [0.3, 0.4) is 0 Å². The number of aromatic nitrogens is 5. The van der Waals surface area contributed by atoms with Crippen molar-refractivity contribution in [1.82, 2.24) is 25.1 Å². The van der Waals surface area contributed by atoms with Gasteiger partial charge < -0.3 is 10.3 Å². The Labute approximate surface area is 129 Å². The first-order valence-electron chi connectivity index (χ1n) is 6.47. The molecule has 0 unspecified atom stereocenters. The molecule has 0 aliphatic rings. The second-order valence-corrected chi connectivity index (χ2v) is 5.92. The zero-order valence-corrected chi connectivity index (χ0v) is 12.7. The summed E-state index contributed by atoms with van der Waals surface area (Å²) in [5, 5.41) is 16.3. The number of rotatable bonds is 4. The zero-order chi connectivity index (χ0) is 15.7. The van der Waals surface area contributed by atoms with Crippen molar-refractivity contribution in [2.75, 3.05) is 5.84 Å². The van der Waals surface area contributed by atoms with Crippen molar-refractivity contribution in [1.29, 1.82) is 0 Å². The fourth-order valence-corrected chi connectivity index (χ4v) is 2.59. The molecule has 114 valence electrons. The van der Waals surface area contributed by atoms with Crippen LogP contribution in [0.25, 0.3) is 11.5 Å². The third-order valence-corrected chi connectivity index (χ3v) is 4.04. The van der Waals surface area contributed by atoms with Crippen LogP contribution in [0.5, 0.6) is 0 Å². The van der Waals surface area contributed by atoms with Gasteiger partial charge in [0.2, 0.25) is 16.9 Å². The molecule has 1 atom stereocenters. The normalized spacial score (nSPS) is 12.5. The van der Waals surface area contributed by atoms with Gasteiger partial charge >= 0.3 is 0 Å². The van der Waals surface area contributed by atoms with Crippen molar-refractivity contribution >= 4 is 11.8 Å². The molecule has 0 saturated carbocycles. The summed E-state index contributed by atoms with van der Waals surface area (Å²) in [4.78, 5) is 0. The number of nitrogens with two attached hydrogens (primary N) is 1. The van der Waals surface area contributed by atoms with E-state index in [1.165, 1.54) is 28.6 Å². The SMILES string of the molecule is Cc1nnc(S[C@@H](C)c2nnc(-c3ccc(F)cc3)o2)n1N. The highest BCUT2D eigenvalue weighted by Crippen LogP contribution is 2.33. The summed E-state index contributed by atoms with van der Waals surface area (Å²) in [6, 6.07) is 5.86. The molecule has 0 spiro atoms. The van der Waals surface area contributed by atoms with Gasteiger partial charge in [0.1, 0.15) is 11.6 Å². The molecular weight excluding hydrogens is 307 g/mol. The van der Waals surface area contributed by atoms with Gasteiger partial charge in [0, 0.05) is 5.56 Å². The van der Waals surface area contributed by atoms with Gasteiger partial charge in [-0.25, -0.2) is 9.07 Å². The van der Waals surface area contributed by atoms with Gasteiger partial charge in [0.05, 0.1) is 5.25 Å². The molecule has 3 aromatic rings. The molecule has 7 nitrogen and oxygen atoms in total. The molecule has 0 amide bonds. The molecular formula is C13H13FN6OS. The Bertz CT molecular complexity index is 784.